The summed E-state index contributed by atoms with van der Waals surface area (Å²) in [4.78, 5) is 55.7. The molecule has 2 aromatic carbocycles. The number of carbonyl (C=O) groups excluding carboxylic acids is 2. The highest BCUT2D eigenvalue weighted by Gasteiger charge is 2.23. The van der Waals surface area contributed by atoms with E-state index in [0.717, 1.165) is 20.3 Å². The first kappa shape index (κ1) is 23.6. The second-order valence-corrected chi connectivity index (χ2v) is 8.31. The molecule has 0 fully saturated rings. The summed E-state index contributed by atoms with van der Waals surface area (Å²) in [7, 11) is 1.27. The van der Waals surface area contributed by atoms with Gasteiger partial charge in [0.15, 0.2) is 6.61 Å². The number of ether oxygens (including phenoxy) is 1. The lowest BCUT2D eigenvalue weighted by Gasteiger charge is -2.15. The van der Waals surface area contributed by atoms with E-state index in [1.165, 1.54) is 7.05 Å². The maximum Gasteiger partial charge on any atom is 0.339 e. The van der Waals surface area contributed by atoms with E-state index in [1.807, 2.05) is 25.1 Å². The number of aryl methyl sites for hydroxylation is 2. The van der Waals surface area contributed by atoms with Crippen molar-refractivity contribution in [3.8, 4) is 0 Å². The van der Waals surface area contributed by atoms with Crippen molar-refractivity contribution >= 4 is 28.5 Å². The Morgan fingerprint density at radius 3 is 2.46 bits per heavy atom. The summed E-state index contributed by atoms with van der Waals surface area (Å²) in [6.07, 6.45) is 0. The number of nitrogens with zero attached hydrogens (tertiary/aromatic N) is 3. The monoisotopic (exact) mass is 472 g/mol. The number of benzene rings is 2. The molecule has 0 bridgehead atoms. The average molecular weight is 473 g/mol. The molecule has 0 aliphatic heterocycles. The van der Waals surface area contributed by atoms with Crippen LogP contribution in [0.2, 0.25) is 0 Å². The number of esters is 1. The number of anilines is 1. The smallest absolute Gasteiger partial charge is 0.339 e. The quantitative estimate of drug-likeness (QED) is 0.337. The molecule has 178 valence electrons. The van der Waals surface area contributed by atoms with Gasteiger partial charge in [0, 0.05) is 18.1 Å². The molecule has 0 saturated heterocycles. The van der Waals surface area contributed by atoms with Crippen molar-refractivity contribution < 1.29 is 14.3 Å². The van der Waals surface area contributed by atoms with E-state index in [1.54, 1.807) is 43.3 Å². The minimum Gasteiger partial charge on any atom is -0.454 e. The largest absolute Gasteiger partial charge is 0.454 e. The lowest BCUT2D eigenvalue weighted by atomic mass is 10.1. The predicted octanol–water partition coefficient (Wildman–Crippen LogP) is 2.38. The number of carbonyl (C=O) groups is 2. The summed E-state index contributed by atoms with van der Waals surface area (Å²) >= 11 is 0. The Morgan fingerprint density at radius 1 is 1.03 bits per heavy atom. The van der Waals surface area contributed by atoms with Crippen LogP contribution in [-0.4, -0.2) is 32.5 Å². The molecule has 0 unspecified atom stereocenters. The lowest BCUT2D eigenvalue weighted by molar-refractivity contribution is 0.0476. The van der Waals surface area contributed by atoms with E-state index >= 15 is 0 Å². The number of hydrogen-bond acceptors (Lipinski definition) is 7. The summed E-state index contributed by atoms with van der Waals surface area (Å²) in [5.74, 6) is -1.80. The summed E-state index contributed by atoms with van der Waals surface area (Å²) in [6.45, 7) is 3.00. The standard InChI is InChI=1S/C26H24N4O5/c1-15-9-10-20-18(11-15)19(12-16(2)28-20)25(33)35-14-21(31)22-23(27)30(26(34)29(3)24(22)32)13-17-7-5-4-6-8-17/h4-12H,13-14,27H2,1-3H3. The normalized spacial score (nSPS) is 10.9. The topological polar surface area (TPSA) is 126 Å². The van der Waals surface area contributed by atoms with Crippen LogP contribution in [0.5, 0.6) is 0 Å². The molecule has 4 rings (SSSR count). The van der Waals surface area contributed by atoms with Crippen LogP contribution in [0.4, 0.5) is 5.82 Å². The van der Waals surface area contributed by atoms with Gasteiger partial charge in [-0.2, -0.15) is 0 Å². The third kappa shape index (κ3) is 4.61. The van der Waals surface area contributed by atoms with Crippen LogP contribution in [-0.2, 0) is 18.3 Å². The molecule has 0 aliphatic rings. The number of Topliss-reactive ketones (excluding diaryl/α,β-unsaturated/α-hetero) is 1. The molecule has 0 radical (unpaired) electrons. The first-order chi connectivity index (χ1) is 16.7. The zero-order chi connectivity index (χ0) is 25.3. The van der Waals surface area contributed by atoms with Crippen LogP contribution in [0.3, 0.4) is 0 Å². The number of hydrogen-bond donors (Lipinski definition) is 1. The number of nitrogen functional groups attached to an aromatic ring is 1. The number of aromatic nitrogens is 3. The third-order valence-corrected chi connectivity index (χ3v) is 5.69. The second kappa shape index (κ2) is 9.38. The van der Waals surface area contributed by atoms with Gasteiger partial charge in [-0.1, -0.05) is 42.0 Å². The fraction of sp³-hybridized carbons (Fsp3) is 0.192. The van der Waals surface area contributed by atoms with Gasteiger partial charge in [0.1, 0.15) is 11.4 Å². The molecule has 9 nitrogen and oxygen atoms in total. The Balaban J connectivity index is 1.64. The van der Waals surface area contributed by atoms with E-state index in [0.29, 0.717) is 16.6 Å². The van der Waals surface area contributed by atoms with Gasteiger partial charge in [-0.15, -0.1) is 0 Å². The van der Waals surface area contributed by atoms with Crippen molar-refractivity contribution in [3.05, 3.63) is 103 Å². The molecule has 0 spiro atoms. The van der Waals surface area contributed by atoms with E-state index in [9.17, 15) is 19.2 Å². The number of pyridine rings is 1. The van der Waals surface area contributed by atoms with Gasteiger partial charge in [0.05, 0.1) is 17.6 Å². The molecule has 2 N–H and O–H groups in total. The number of rotatable bonds is 6. The molecule has 0 atom stereocenters. The first-order valence-electron chi connectivity index (χ1n) is 10.9. The number of fused-ring (bicyclic) bond motifs is 1. The molecule has 4 aromatic rings. The van der Waals surface area contributed by atoms with Crippen molar-refractivity contribution in [2.75, 3.05) is 12.3 Å². The molecule has 2 heterocycles. The Morgan fingerprint density at radius 2 is 1.74 bits per heavy atom. The van der Waals surface area contributed by atoms with Gasteiger partial charge in [0.2, 0.25) is 5.78 Å². The zero-order valence-corrected chi connectivity index (χ0v) is 19.6. The van der Waals surface area contributed by atoms with Crippen LogP contribution >= 0.6 is 0 Å². The number of ketones is 1. The molecular weight excluding hydrogens is 448 g/mol. The SMILES string of the molecule is Cc1ccc2nc(C)cc(C(=O)OCC(=O)c3c(N)n(Cc4ccccc4)c(=O)n(C)c3=O)c2c1. The van der Waals surface area contributed by atoms with Crippen LogP contribution in [0.25, 0.3) is 10.9 Å². The van der Waals surface area contributed by atoms with Gasteiger partial charge in [0.25, 0.3) is 5.56 Å². The Bertz CT molecular complexity index is 1590. The highest BCUT2D eigenvalue weighted by atomic mass is 16.5. The summed E-state index contributed by atoms with van der Waals surface area (Å²) in [5.41, 5.74) is 7.41. The van der Waals surface area contributed by atoms with Gasteiger partial charge < -0.3 is 10.5 Å². The Kier molecular flexibility index (Phi) is 6.33. The maximum atomic E-state index is 13.0. The second-order valence-electron chi connectivity index (χ2n) is 8.31. The summed E-state index contributed by atoms with van der Waals surface area (Å²) in [5, 5.41) is 0.597. The molecule has 9 heteroatoms. The van der Waals surface area contributed by atoms with Gasteiger partial charge in [-0.3, -0.25) is 23.7 Å². The molecule has 2 aromatic heterocycles. The predicted molar refractivity (Wildman–Crippen MR) is 132 cm³/mol. The van der Waals surface area contributed by atoms with Gasteiger partial charge in [-0.05, 0) is 37.6 Å². The van der Waals surface area contributed by atoms with E-state index in [4.69, 9.17) is 10.5 Å². The Labute approximate surface area is 200 Å². The van der Waals surface area contributed by atoms with Crippen molar-refractivity contribution in [2.45, 2.75) is 20.4 Å². The van der Waals surface area contributed by atoms with Crippen molar-refractivity contribution in [1.29, 1.82) is 0 Å². The van der Waals surface area contributed by atoms with Crippen molar-refractivity contribution in [3.63, 3.8) is 0 Å². The third-order valence-electron chi connectivity index (χ3n) is 5.69. The summed E-state index contributed by atoms with van der Waals surface area (Å²) in [6, 6.07) is 16.1. The summed E-state index contributed by atoms with van der Waals surface area (Å²) < 4.78 is 7.24. The minimum atomic E-state index is -0.848. The van der Waals surface area contributed by atoms with Crippen molar-refractivity contribution in [1.82, 2.24) is 14.1 Å². The van der Waals surface area contributed by atoms with Gasteiger partial charge in [-0.25, -0.2) is 9.59 Å². The number of nitrogens with two attached hydrogens (primary N) is 1. The van der Waals surface area contributed by atoms with Crippen LogP contribution in [0.15, 0.2) is 64.2 Å². The highest BCUT2D eigenvalue weighted by Crippen LogP contribution is 2.21. The maximum absolute atomic E-state index is 13.0. The minimum absolute atomic E-state index is 0.0708. The van der Waals surface area contributed by atoms with Crippen LogP contribution in [0, 0.1) is 13.8 Å². The molecule has 0 aliphatic carbocycles. The van der Waals surface area contributed by atoms with E-state index in [2.05, 4.69) is 4.98 Å². The van der Waals surface area contributed by atoms with Gasteiger partial charge >= 0.3 is 11.7 Å². The van der Waals surface area contributed by atoms with Crippen LogP contribution in [0.1, 0.15) is 37.5 Å². The van der Waals surface area contributed by atoms with Crippen LogP contribution < -0.4 is 17.0 Å². The van der Waals surface area contributed by atoms with E-state index in [-0.39, 0.29) is 17.9 Å². The molecular formula is C26H24N4O5. The average Bonchev–Trinajstić information content (AvgIpc) is 2.84. The highest BCUT2D eigenvalue weighted by molar-refractivity contribution is 6.06. The molecule has 0 saturated carbocycles. The first-order valence-corrected chi connectivity index (χ1v) is 10.9. The van der Waals surface area contributed by atoms with Crippen molar-refractivity contribution in [2.24, 2.45) is 7.05 Å². The molecule has 0 amide bonds. The van der Waals surface area contributed by atoms with E-state index < -0.39 is 35.2 Å². The fourth-order valence-electron chi connectivity index (χ4n) is 3.89. The zero-order valence-electron chi connectivity index (χ0n) is 19.6. The lowest BCUT2D eigenvalue weighted by Crippen LogP contribution is -2.43. The molecule has 35 heavy (non-hydrogen) atoms. The fourth-order valence-corrected chi connectivity index (χ4v) is 3.89. The Hall–Kier alpha value is -4.53.